The summed E-state index contributed by atoms with van der Waals surface area (Å²) in [5, 5.41) is 2.84. The maximum atomic E-state index is 11.0. The monoisotopic (exact) mass is 217 g/mol. The fraction of sp³-hybridized carbons (Fsp3) is 0.308. The summed E-state index contributed by atoms with van der Waals surface area (Å²) in [4.78, 5) is 11.0. The van der Waals surface area contributed by atoms with Gasteiger partial charge in [-0.2, -0.15) is 0 Å². The van der Waals surface area contributed by atoms with E-state index in [0.29, 0.717) is 0 Å². The van der Waals surface area contributed by atoms with E-state index in [2.05, 4.69) is 11.9 Å². The van der Waals surface area contributed by atoms with Gasteiger partial charge in [0.2, 0.25) is 5.91 Å². The van der Waals surface area contributed by atoms with Crippen molar-refractivity contribution in [2.45, 2.75) is 25.0 Å². The van der Waals surface area contributed by atoms with Crippen molar-refractivity contribution < 1.29 is 9.53 Å². The Morgan fingerprint density at radius 1 is 1.38 bits per heavy atom. The minimum atomic E-state index is -0.108. The highest BCUT2D eigenvalue weighted by Gasteiger charge is 2.31. The van der Waals surface area contributed by atoms with E-state index < -0.39 is 0 Å². The van der Waals surface area contributed by atoms with Crippen LogP contribution in [0.5, 0.6) is 5.75 Å². The number of amides is 1. The smallest absolute Gasteiger partial charge is 0.243 e. The van der Waals surface area contributed by atoms with Gasteiger partial charge in [-0.25, -0.2) is 0 Å². The number of para-hydroxylation sites is 1. The van der Waals surface area contributed by atoms with Crippen molar-refractivity contribution in [2.24, 2.45) is 0 Å². The van der Waals surface area contributed by atoms with Crippen LogP contribution < -0.4 is 10.1 Å². The Balaban J connectivity index is 1.73. The highest BCUT2D eigenvalue weighted by Crippen LogP contribution is 2.25. The zero-order valence-corrected chi connectivity index (χ0v) is 9.06. The summed E-state index contributed by atoms with van der Waals surface area (Å²) in [6.45, 7) is 3.42. The zero-order chi connectivity index (χ0) is 11.4. The molecule has 1 amide bonds. The van der Waals surface area contributed by atoms with E-state index in [1.54, 1.807) is 0 Å². The van der Waals surface area contributed by atoms with E-state index in [1.165, 1.54) is 6.08 Å². The van der Waals surface area contributed by atoms with Crippen LogP contribution in [0.2, 0.25) is 0 Å². The first-order chi connectivity index (χ1) is 7.78. The molecule has 0 atom stereocenters. The lowest BCUT2D eigenvalue weighted by atomic mass is 9.89. The second kappa shape index (κ2) is 4.84. The predicted octanol–water partition coefficient (Wildman–Crippen LogP) is 1.90. The molecule has 0 spiro atoms. The summed E-state index contributed by atoms with van der Waals surface area (Å²) >= 11 is 0. The van der Waals surface area contributed by atoms with Crippen molar-refractivity contribution in [1.29, 1.82) is 0 Å². The maximum Gasteiger partial charge on any atom is 0.243 e. The number of carbonyl (C=O) groups excluding carboxylic acids is 1. The molecule has 16 heavy (non-hydrogen) atoms. The average molecular weight is 217 g/mol. The molecule has 1 saturated carbocycles. The molecule has 2 rings (SSSR count). The molecule has 0 bridgehead atoms. The Kier molecular flexibility index (Phi) is 3.25. The van der Waals surface area contributed by atoms with Gasteiger partial charge >= 0.3 is 0 Å². The second-order valence-corrected chi connectivity index (χ2v) is 3.93. The number of hydrogen-bond acceptors (Lipinski definition) is 2. The molecule has 0 aromatic heterocycles. The van der Waals surface area contributed by atoms with Crippen molar-refractivity contribution in [1.82, 2.24) is 5.32 Å². The molecule has 1 fully saturated rings. The minimum Gasteiger partial charge on any atom is -0.490 e. The van der Waals surface area contributed by atoms with Crippen LogP contribution in [0.3, 0.4) is 0 Å². The quantitative estimate of drug-likeness (QED) is 0.782. The number of hydrogen-bond donors (Lipinski definition) is 1. The molecule has 3 nitrogen and oxygen atoms in total. The molecule has 0 heterocycles. The Hall–Kier alpha value is -1.77. The van der Waals surface area contributed by atoms with Gasteiger partial charge in [0.25, 0.3) is 0 Å². The molecule has 1 aliphatic rings. The fourth-order valence-corrected chi connectivity index (χ4v) is 1.73. The van der Waals surface area contributed by atoms with E-state index in [9.17, 15) is 4.79 Å². The van der Waals surface area contributed by atoms with Gasteiger partial charge in [-0.3, -0.25) is 4.79 Å². The molecule has 1 aliphatic carbocycles. The second-order valence-electron chi connectivity index (χ2n) is 3.93. The van der Waals surface area contributed by atoms with Gasteiger partial charge in [0, 0.05) is 18.9 Å². The molecule has 84 valence electrons. The van der Waals surface area contributed by atoms with E-state index in [0.717, 1.165) is 18.6 Å². The summed E-state index contributed by atoms with van der Waals surface area (Å²) in [6.07, 6.45) is 3.26. The van der Waals surface area contributed by atoms with Crippen LogP contribution >= 0.6 is 0 Å². The SMILES string of the molecule is C=CC(=O)NC1CC(Oc2ccccc2)C1. The van der Waals surface area contributed by atoms with E-state index in [4.69, 9.17) is 4.74 Å². The third-order valence-electron chi connectivity index (χ3n) is 2.67. The lowest BCUT2D eigenvalue weighted by molar-refractivity contribution is -0.118. The van der Waals surface area contributed by atoms with Gasteiger partial charge < -0.3 is 10.1 Å². The normalized spacial score (nSPS) is 23.0. The van der Waals surface area contributed by atoms with Gasteiger partial charge in [0.1, 0.15) is 11.9 Å². The maximum absolute atomic E-state index is 11.0. The van der Waals surface area contributed by atoms with Crippen molar-refractivity contribution in [3.05, 3.63) is 43.0 Å². The molecule has 0 radical (unpaired) electrons. The Labute approximate surface area is 95.1 Å². The van der Waals surface area contributed by atoms with Crippen LogP contribution in [0, 0.1) is 0 Å². The first kappa shape index (κ1) is 10.7. The number of rotatable bonds is 4. The fourth-order valence-electron chi connectivity index (χ4n) is 1.73. The molecule has 0 aliphatic heterocycles. The van der Waals surface area contributed by atoms with Gasteiger partial charge in [0.05, 0.1) is 0 Å². The first-order valence-corrected chi connectivity index (χ1v) is 5.42. The highest BCUT2D eigenvalue weighted by molar-refractivity contribution is 5.87. The number of nitrogens with one attached hydrogen (secondary N) is 1. The molecule has 1 N–H and O–H groups in total. The lowest BCUT2D eigenvalue weighted by Crippen LogP contribution is -2.48. The third kappa shape index (κ3) is 2.63. The van der Waals surface area contributed by atoms with Crippen molar-refractivity contribution in [3.63, 3.8) is 0 Å². The zero-order valence-electron chi connectivity index (χ0n) is 9.06. The first-order valence-electron chi connectivity index (χ1n) is 5.42. The molecule has 1 aromatic rings. The van der Waals surface area contributed by atoms with E-state index in [1.807, 2.05) is 30.3 Å². The Morgan fingerprint density at radius 2 is 2.06 bits per heavy atom. The number of carbonyl (C=O) groups is 1. The van der Waals surface area contributed by atoms with Gasteiger partial charge in [-0.15, -0.1) is 0 Å². The van der Waals surface area contributed by atoms with Crippen molar-refractivity contribution in [3.8, 4) is 5.75 Å². The van der Waals surface area contributed by atoms with Crippen LogP contribution in [0.15, 0.2) is 43.0 Å². The average Bonchev–Trinajstić information content (AvgIpc) is 2.27. The van der Waals surface area contributed by atoms with Crippen LogP contribution in [-0.2, 0) is 4.79 Å². The molecular weight excluding hydrogens is 202 g/mol. The largest absolute Gasteiger partial charge is 0.490 e. The van der Waals surface area contributed by atoms with Crippen molar-refractivity contribution >= 4 is 5.91 Å². The van der Waals surface area contributed by atoms with E-state index in [-0.39, 0.29) is 18.1 Å². The summed E-state index contributed by atoms with van der Waals surface area (Å²) in [6, 6.07) is 9.97. The summed E-state index contributed by atoms with van der Waals surface area (Å²) in [5.41, 5.74) is 0. The molecule has 3 heteroatoms. The van der Waals surface area contributed by atoms with Gasteiger partial charge in [0.15, 0.2) is 0 Å². The lowest BCUT2D eigenvalue weighted by Gasteiger charge is -2.35. The van der Waals surface area contributed by atoms with Crippen LogP contribution in [-0.4, -0.2) is 18.1 Å². The minimum absolute atomic E-state index is 0.108. The van der Waals surface area contributed by atoms with Crippen LogP contribution in [0.1, 0.15) is 12.8 Å². The summed E-state index contributed by atoms with van der Waals surface area (Å²) in [5.74, 6) is 0.782. The predicted molar refractivity (Wildman–Crippen MR) is 62.2 cm³/mol. The Bertz CT molecular complexity index is 369. The highest BCUT2D eigenvalue weighted by atomic mass is 16.5. The summed E-state index contributed by atoms with van der Waals surface area (Å²) < 4.78 is 5.72. The standard InChI is InChI=1S/C13H15NO2/c1-2-13(15)14-10-8-12(9-10)16-11-6-4-3-5-7-11/h2-7,10,12H,1,8-9H2,(H,14,15). The molecule has 0 saturated heterocycles. The number of benzene rings is 1. The van der Waals surface area contributed by atoms with Crippen molar-refractivity contribution in [2.75, 3.05) is 0 Å². The van der Waals surface area contributed by atoms with Gasteiger partial charge in [-0.1, -0.05) is 24.8 Å². The summed E-state index contributed by atoms with van der Waals surface area (Å²) in [7, 11) is 0. The third-order valence-corrected chi connectivity index (χ3v) is 2.67. The molecular formula is C13H15NO2. The Morgan fingerprint density at radius 3 is 2.69 bits per heavy atom. The number of ether oxygens (including phenoxy) is 1. The molecule has 0 unspecified atom stereocenters. The van der Waals surface area contributed by atoms with Crippen LogP contribution in [0.4, 0.5) is 0 Å². The van der Waals surface area contributed by atoms with Crippen LogP contribution in [0.25, 0.3) is 0 Å². The van der Waals surface area contributed by atoms with E-state index >= 15 is 0 Å². The topological polar surface area (TPSA) is 38.3 Å². The molecule has 1 aromatic carbocycles. The van der Waals surface area contributed by atoms with Gasteiger partial charge in [-0.05, 0) is 18.2 Å².